The van der Waals surface area contributed by atoms with Gasteiger partial charge in [0.05, 0.1) is 11.5 Å². The Morgan fingerprint density at radius 1 is 1.16 bits per heavy atom. The Labute approximate surface area is 146 Å². The number of carbonyl (C=O) groups excluding carboxylic acids is 2. The molecule has 1 unspecified atom stereocenters. The van der Waals surface area contributed by atoms with Crippen LogP contribution in [0.5, 0.6) is 0 Å². The third-order valence-corrected chi connectivity index (χ3v) is 6.03. The minimum atomic E-state index is -0.741. The van der Waals surface area contributed by atoms with Gasteiger partial charge in [0.2, 0.25) is 0 Å². The highest BCUT2D eigenvalue weighted by atomic mass is 16.6. The number of carboxylic acids is 1. The molecule has 0 aromatic rings. The second kappa shape index (κ2) is 4.80. The molecular formula is C17H25N3O5. The van der Waals surface area contributed by atoms with Gasteiger partial charge in [0.15, 0.2) is 0 Å². The van der Waals surface area contributed by atoms with Crippen molar-refractivity contribution in [2.75, 3.05) is 26.2 Å². The van der Waals surface area contributed by atoms with Crippen molar-refractivity contribution in [3.8, 4) is 0 Å². The maximum Gasteiger partial charge on any atom is 0.410 e. The molecule has 1 atom stereocenters. The number of piperazine rings is 1. The second-order valence-electron chi connectivity index (χ2n) is 9.01. The largest absolute Gasteiger partial charge is 0.481 e. The molecule has 0 aromatic heterocycles. The number of hydrogen-bond acceptors (Lipinski definition) is 4. The number of carboxylic acid groups (broad SMARTS) is 1. The van der Waals surface area contributed by atoms with Crippen molar-refractivity contribution in [1.29, 1.82) is 0 Å². The van der Waals surface area contributed by atoms with E-state index in [1.165, 1.54) is 0 Å². The predicted molar refractivity (Wildman–Crippen MR) is 87.1 cm³/mol. The second-order valence-corrected chi connectivity index (χ2v) is 9.01. The van der Waals surface area contributed by atoms with Crippen molar-refractivity contribution in [1.82, 2.24) is 14.7 Å². The van der Waals surface area contributed by atoms with Crippen molar-refractivity contribution in [2.45, 2.75) is 57.2 Å². The van der Waals surface area contributed by atoms with Gasteiger partial charge < -0.3 is 24.5 Å². The lowest BCUT2D eigenvalue weighted by Gasteiger charge is -2.70. The fourth-order valence-corrected chi connectivity index (χ4v) is 4.84. The summed E-state index contributed by atoms with van der Waals surface area (Å²) in [5, 5.41) is 9.28. The Balaban J connectivity index is 1.40. The van der Waals surface area contributed by atoms with E-state index in [4.69, 9.17) is 4.74 Å². The summed E-state index contributed by atoms with van der Waals surface area (Å²) in [4.78, 5) is 41.7. The molecule has 5 fully saturated rings. The Morgan fingerprint density at radius 3 is 2.36 bits per heavy atom. The Morgan fingerprint density at radius 2 is 1.80 bits per heavy atom. The molecule has 2 saturated heterocycles. The molecule has 2 aliphatic heterocycles. The van der Waals surface area contributed by atoms with E-state index < -0.39 is 17.0 Å². The van der Waals surface area contributed by atoms with E-state index in [9.17, 15) is 19.5 Å². The molecular weight excluding hydrogens is 326 g/mol. The number of carbonyl (C=O) groups is 3. The molecule has 0 radical (unpaired) electrons. The van der Waals surface area contributed by atoms with Crippen LogP contribution in [0.4, 0.5) is 9.59 Å². The van der Waals surface area contributed by atoms with Crippen molar-refractivity contribution in [2.24, 2.45) is 5.41 Å². The lowest BCUT2D eigenvalue weighted by atomic mass is 9.39. The highest BCUT2D eigenvalue weighted by Gasteiger charge is 2.76. The predicted octanol–water partition coefficient (Wildman–Crippen LogP) is 1.35. The Kier molecular flexibility index (Phi) is 3.16. The van der Waals surface area contributed by atoms with E-state index in [1.54, 1.807) is 4.90 Å². The molecule has 1 N–H and O–H groups in total. The van der Waals surface area contributed by atoms with E-state index in [2.05, 4.69) is 0 Å². The fourth-order valence-electron chi connectivity index (χ4n) is 4.84. The number of rotatable bonds is 2. The van der Waals surface area contributed by atoms with E-state index in [1.807, 2.05) is 30.6 Å². The van der Waals surface area contributed by atoms with E-state index in [0.29, 0.717) is 45.4 Å². The van der Waals surface area contributed by atoms with Crippen LogP contribution in [-0.2, 0) is 9.53 Å². The van der Waals surface area contributed by atoms with Crippen LogP contribution in [0.1, 0.15) is 40.0 Å². The molecule has 25 heavy (non-hydrogen) atoms. The molecule has 3 aliphatic carbocycles. The molecule has 3 saturated carbocycles. The Bertz CT molecular complexity index is 635. The first-order valence-corrected chi connectivity index (χ1v) is 8.85. The van der Waals surface area contributed by atoms with Crippen molar-refractivity contribution in [3.05, 3.63) is 0 Å². The summed E-state index contributed by atoms with van der Waals surface area (Å²) in [6, 6.07) is -0.0453. The van der Waals surface area contributed by atoms with Crippen LogP contribution in [0.25, 0.3) is 0 Å². The smallest absolute Gasteiger partial charge is 0.410 e. The number of urea groups is 1. The number of ether oxygens (including phenoxy) is 1. The van der Waals surface area contributed by atoms with Gasteiger partial charge in [0.25, 0.3) is 0 Å². The van der Waals surface area contributed by atoms with Crippen LogP contribution >= 0.6 is 0 Å². The van der Waals surface area contributed by atoms with Crippen LogP contribution in [0.3, 0.4) is 0 Å². The van der Waals surface area contributed by atoms with Gasteiger partial charge in [-0.1, -0.05) is 0 Å². The first kappa shape index (κ1) is 16.5. The molecule has 2 heterocycles. The quantitative estimate of drug-likeness (QED) is 0.811. The minimum Gasteiger partial charge on any atom is -0.481 e. The molecule has 5 rings (SSSR count). The average molecular weight is 351 g/mol. The molecule has 3 amide bonds. The number of amides is 3. The lowest BCUT2D eigenvalue weighted by molar-refractivity contribution is -0.219. The van der Waals surface area contributed by atoms with Crippen LogP contribution < -0.4 is 0 Å². The maximum atomic E-state index is 12.8. The van der Waals surface area contributed by atoms with Crippen LogP contribution in [0, 0.1) is 5.41 Å². The fraction of sp³-hybridized carbons (Fsp3) is 0.824. The van der Waals surface area contributed by atoms with Crippen LogP contribution in [0.2, 0.25) is 0 Å². The molecule has 5 aliphatic rings. The summed E-state index contributed by atoms with van der Waals surface area (Å²) < 4.78 is 5.43. The molecule has 0 aromatic carbocycles. The SMILES string of the molecule is CC(C)(C)OC(=O)N1CCN2C(=O)N(C34CC(C(=O)O)(C3)C4)CC2C1. The normalized spacial score (nSPS) is 36.5. The third-order valence-electron chi connectivity index (χ3n) is 6.03. The monoisotopic (exact) mass is 351 g/mol. The summed E-state index contributed by atoms with van der Waals surface area (Å²) in [5.41, 5.74) is -1.39. The number of aliphatic carboxylic acids is 1. The average Bonchev–Trinajstić information content (AvgIpc) is 2.70. The summed E-state index contributed by atoms with van der Waals surface area (Å²) in [7, 11) is 0. The zero-order valence-corrected chi connectivity index (χ0v) is 14.9. The number of hydrogen-bond donors (Lipinski definition) is 1. The van der Waals surface area contributed by atoms with Gasteiger partial charge in [-0.3, -0.25) is 4.79 Å². The topological polar surface area (TPSA) is 90.4 Å². The van der Waals surface area contributed by atoms with Crippen molar-refractivity contribution >= 4 is 18.1 Å². The lowest BCUT2D eigenvalue weighted by Crippen LogP contribution is -2.77. The zero-order valence-electron chi connectivity index (χ0n) is 14.9. The maximum absolute atomic E-state index is 12.8. The van der Waals surface area contributed by atoms with Gasteiger partial charge in [0.1, 0.15) is 5.60 Å². The first-order chi connectivity index (χ1) is 11.6. The van der Waals surface area contributed by atoms with E-state index in [-0.39, 0.29) is 23.7 Å². The summed E-state index contributed by atoms with van der Waals surface area (Å²) in [5.74, 6) is -0.741. The summed E-state index contributed by atoms with van der Waals surface area (Å²) in [6.07, 6.45) is 1.36. The first-order valence-electron chi connectivity index (χ1n) is 8.85. The summed E-state index contributed by atoms with van der Waals surface area (Å²) in [6.45, 7) is 7.51. The molecule has 138 valence electrons. The minimum absolute atomic E-state index is 0.00692. The van der Waals surface area contributed by atoms with Gasteiger partial charge in [-0.05, 0) is 40.0 Å². The van der Waals surface area contributed by atoms with Gasteiger partial charge in [-0.25, -0.2) is 9.59 Å². The molecule has 0 spiro atoms. The van der Waals surface area contributed by atoms with Gasteiger partial charge in [-0.2, -0.15) is 0 Å². The van der Waals surface area contributed by atoms with E-state index >= 15 is 0 Å². The van der Waals surface area contributed by atoms with E-state index in [0.717, 1.165) is 0 Å². The molecule has 8 nitrogen and oxygen atoms in total. The number of nitrogens with zero attached hydrogens (tertiary/aromatic N) is 3. The van der Waals surface area contributed by atoms with Crippen LogP contribution in [0.15, 0.2) is 0 Å². The van der Waals surface area contributed by atoms with Crippen LogP contribution in [-0.4, -0.2) is 81.3 Å². The summed E-state index contributed by atoms with van der Waals surface area (Å²) >= 11 is 0. The van der Waals surface area contributed by atoms with Gasteiger partial charge in [-0.15, -0.1) is 0 Å². The van der Waals surface area contributed by atoms with Gasteiger partial charge in [0, 0.05) is 31.7 Å². The standard InChI is InChI=1S/C17H25N3O5/c1-15(2,3)25-14(24)18-4-5-19-11(6-18)7-20(13(19)23)17-8-16(9-17,10-17)12(21)22/h11H,4-10H2,1-3H3,(H,21,22). The zero-order chi connectivity index (χ0) is 18.2. The third kappa shape index (κ3) is 2.29. The Hall–Kier alpha value is -1.99. The molecule has 8 heteroatoms. The van der Waals surface area contributed by atoms with Crippen molar-refractivity contribution < 1.29 is 24.2 Å². The van der Waals surface area contributed by atoms with Gasteiger partial charge >= 0.3 is 18.1 Å². The number of fused-ring (bicyclic) bond motifs is 1. The molecule has 2 bridgehead atoms. The van der Waals surface area contributed by atoms with Crippen molar-refractivity contribution in [3.63, 3.8) is 0 Å². The highest BCUT2D eigenvalue weighted by molar-refractivity contribution is 5.84. The highest BCUT2D eigenvalue weighted by Crippen LogP contribution is 2.70.